The zero-order valence-corrected chi connectivity index (χ0v) is 14.2. The first-order chi connectivity index (χ1) is 9.00. The Bertz CT molecular complexity index is 401. The molecule has 1 aliphatic rings. The lowest BCUT2D eigenvalue weighted by Gasteiger charge is -2.40. The van der Waals surface area contributed by atoms with E-state index in [4.69, 9.17) is 0 Å². The smallest absolute Gasteiger partial charge is 0.150 e. The summed E-state index contributed by atoms with van der Waals surface area (Å²) in [6, 6.07) is 0.655. The molecule has 0 aromatic carbocycles. The first-order valence-electron chi connectivity index (χ1n) is 7.32. The predicted molar refractivity (Wildman–Crippen MR) is 86.2 cm³/mol. The van der Waals surface area contributed by atoms with Gasteiger partial charge in [0.2, 0.25) is 0 Å². The Morgan fingerprint density at radius 3 is 2.95 bits per heavy atom. The lowest BCUT2D eigenvalue weighted by atomic mass is 9.75. The SMILES string of the molecule is CCCNC1CCC(C)(C)CC1Sc1nc(C)cs1. The minimum Gasteiger partial charge on any atom is -0.313 e. The maximum absolute atomic E-state index is 4.62. The van der Waals surface area contributed by atoms with Crippen LogP contribution in [0.5, 0.6) is 0 Å². The van der Waals surface area contributed by atoms with Gasteiger partial charge in [-0.15, -0.1) is 11.3 Å². The van der Waals surface area contributed by atoms with E-state index in [-0.39, 0.29) is 0 Å². The Hall–Kier alpha value is -0.0600. The van der Waals surface area contributed by atoms with Crippen molar-refractivity contribution in [3.8, 4) is 0 Å². The van der Waals surface area contributed by atoms with Gasteiger partial charge in [0.05, 0.1) is 0 Å². The van der Waals surface area contributed by atoms with Crippen LogP contribution in [0.25, 0.3) is 0 Å². The summed E-state index contributed by atoms with van der Waals surface area (Å²) in [6.45, 7) is 10.3. The van der Waals surface area contributed by atoms with Crippen molar-refractivity contribution in [2.45, 2.75) is 69.0 Å². The molecule has 19 heavy (non-hydrogen) atoms. The number of aromatic nitrogens is 1. The predicted octanol–water partition coefficient (Wildman–Crippen LogP) is 4.49. The van der Waals surface area contributed by atoms with Gasteiger partial charge in [0.1, 0.15) is 4.34 Å². The largest absolute Gasteiger partial charge is 0.313 e. The second-order valence-corrected chi connectivity index (χ2v) is 8.72. The molecule has 1 aromatic heterocycles. The second-order valence-electron chi connectivity index (χ2n) is 6.38. The molecular formula is C15H26N2S2. The monoisotopic (exact) mass is 298 g/mol. The summed E-state index contributed by atoms with van der Waals surface area (Å²) in [7, 11) is 0. The fraction of sp³-hybridized carbons (Fsp3) is 0.800. The minimum atomic E-state index is 0.481. The van der Waals surface area contributed by atoms with Gasteiger partial charge in [-0.2, -0.15) is 0 Å². The van der Waals surface area contributed by atoms with E-state index >= 15 is 0 Å². The summed E-state index contributed by atoms with van der Waals surface area (Å²) in [5.74, 6) is 0. The molecule has 4 heteroatoms. The van der Waals surface area contributed by atoms with Crippen LogP contribution < -0.4 is 5.32 Å². The third-order valence-corrected chi connectivity index (χ3v) is 6.26. The Morgan fingerprint density at radius 1 is 1.53 bits per heavy atom. The van der Waals surface area contributed by atoms with E-state index in [1.165, 1.54) is 30.0 Å². The summed E-state index contributed by atoms with van der Waals surface area (Å²) in [4.78, 5) is 4.62. The van der Waals surface area contributed by atoms with E-state index in [1.54, 1.807) is 11.3 Å². The highest BCUT2D eigenvalue weighted by Crippen LogP contribution is 2.43. The van der Waals surface area contributed by atoms with Crippen LogP contribution in [0.15, 0.2) is 9.72 Å². The average Bonchev–Trinajstić information content (AvgIpc) is 2.73. The molecule has 2 nitrogen and oxygen atoms in total. The van der Waals surface area contributed by atoms with Crippen LogP contribution in [-0.4, -0.2) is 22.8 Å². The molecule has 2 unspecified atom stereocenters. The van der Waals surface area contributed by atoms with Gasteiger partial charge in [-0.1, -0.05) is 32.5 Å². The first-order valence-corrected chi connectivity index (χ1v) is 9.08. The quantitative estimate of drug-likeness (QED) is 0.867. The second kappa shape index (κ2) is 6.59. The molecule has 108 valence electrons. The van der Waals surface area contributed by atoms with E-state index in [2.05, 4.69) is 43.4 Å². The van der Waals surface area contributed by atoms with Crippen molar-refractivity contribution < 1.29 is 0 Å². The maximum atomic E-state index is 4.62. The van der Waals surface area contributed by atoms with Gasteiger partial charge in [-0.05, 0) is 44.6 Å². The number of hydrogen-bond donors (Lipinski definition) is 1. The number of thioether (sulfide) groups is 1. The first kappa shape index (κ1) is 15.3. The summed E-state index contributed by atoms with van der Waals surface area (Å²) in [5.41, 5.74) is 1.63. The Morgan fingerprint density at radius 2 is 2.32 bits per heavy atom. The van der Waals surface area contributed by atoms with Crippen LogP contribution in [0.3, 0.4) is 0 Å². The molecule has 0 spiro atoms. The molecule has 2 atom stereocenters. The number of nitrogens with zero attached hydrogens (tertiary/aromatic N) is 1. The molecule has 2 rings (SSSR count). The standard InChI is InChI=1S/C15H26N2S2/c1-5-8-16-12-6-7-15(3,4)9-13(12)19-14-17-11(2)10-18-14/h10,12-13,16H,5-9H2,1-4H3. The number of hydrogen-bond acceptors (Lipinski definition) is 4. The van der Waals surface area contributed by atoms with Gasteiger partial charge in [0.25, 0.3) is 0 Å². The highest BCUT2D eigenvalue weighted by atomic mass is 32.2. The molecule has 1 N–H and O–H groups in total. The van der Waals surface area contributed by atoms with E-state index in [0.717, 1.165) is 12.2 Å². The topological polar surface area (TPSA) is 24.9 Å². The van der Waals surface area contributed by atoms with Gasteiger partial charge in [-0.3, -0.25) is 0 Å². The van der Waals surface area contributed by atoms with Crippen molar-refractivity contribution in [3.63, 3.8) is 0 Å². The van der Waals surface area contributed by atoms with E-state index in [1.807, 2.05) is 11.8 Å². The Labute approximate surface area is 125 Å². The number of aryl methyl sites for hydroxylation is 1. The van der Waals surface area contributed by atoms with E-state index in [0.29, 0.717) is 16.7 Å². The number of thiazole rings is 1. The van der Waals surface area contributed by atoms with Gasteiger partial charge < -0.3 is 5.32 Å². The van der Waals surface area contributed by atoms with Gasteiger partial charge in [-0.25, -0.2) is 4.98 Å². The lowest BCUT2D eigenvalue weighted by molar-refractivity contribution is 0.214. The van der Waals surface area contributed by atoms with Crippen molar-refractivity contribution in [1.82, 2.24) is 10.3 Å². The third kappa shape index (κ3) is 4.47. The summed E-state index contributed by atoms with van der Waals surface area (Å²) >= 11 is 3.78. The van der Waals surface area contributed by atoms with Crippen molar-refractivity contribution in [2.75, 3.05) is 6.54 Å². The van der Waals surface area contributed by atoms with Crippen molar-refractivity contribution >= 4 is 23.1 Å². The van der Waals surface area contributed by atoms with Crippen LogP contribution >= 0.6 is 23.1 Å². The molecule has 0 bridgehead atoms. The summed E-state index contributed by atoms with van der Waals surface area (Å²) in [5, 5.41) is 6.57. The summed E-state index contributed by atoms with van der Waals surface area (Å²) < 4.78 is 1.24. The highest BCUT2D eigenvalue weighted by Gasteiger charge is 2.35. The molecule has 1 aliphatic carbocycles. The molecule has 1 saturated carbocycles. The lowest BCUT2D eigenvalue weighted by Crippen LogP contribution is -2.45. The van der Waals surface area contributed by atoms with Crippen molar-refractivity contribution in [3.05, 3.63) is 11.1 Å². The van der Waals surface area contributed by atoms with Crippen LogP contribution in [0.4, 0.5) is 0 Å². The molecule has 1 aromatic rings. The fourth-order valence-corrected chi connectivity index (χ4v) is 5.37. The van der Waals surface area contributed by atoms with Crippen LogP contribution in [-0.2, 0) is 0 Å². The fourth-order valence-electron chi connectivity index (χ4n) is 2.72. The van der Waals surface area contributed by atoms with Crippen LogP contribution in [0.1, 0.15) is 52.1 Å². The zero-order chi connectivity index (χ0) is 13.9. The molecule has 0 amide bonds. The van der Waals surface area contributed by atoms with Crippen molar-refractivity contribution in [2.24, 2.45) is 5.41 Å². The normalized spacial score (nSPS) is 26.5. The average molecular weight is 299 g/mol. The molecule has 0 aliphatic heterocycles. The Kier molecular flexibility index (Phi) is 5.32. The molecule has 0 saturated heterocycles. The van der Waals surface area contributed by atoms with Crippen LogP contribution in [0.2, 0.25) is 0 Å². The maximum Gasteiger partial charge on any atom is 0.150 e. The number of nitrogens with one attached hydrogen (secondary N) is 1. The van der Waals surface area contributed by atoms with Crippen molar-refractivity contribution in [1.29, 1.82) is 0 Å². The zero-order valence-electron chi connectivity index (χ0n) is 12.5. The molecule has 0 radical (unpaired) electrons. The van der Waals surface area contributed by atoms with Gasteiger partial charge in [0, 0.05) is 22.4 Å². The summed E-state index contributed by atoms with van der Waals surface area (Å²) in [6.07, 6.45) is 5.14. The van der Waals surface area contributed by atoms with E-state index < -0.39 is 0 Å². The third-order valence-electron chi connectivity index (χ3n) is 3.84. The van der Waals surface area contributed by atoms with Crippen LogP contribution in [0, 0.1) is 12.3 Å². The number of rotatable bonds is 5. The minimum absolute atomic E-state index is 0.481. The van der Waals surface area contributed by atoms with Gasteiger partial charge >= 0.3 is 0 Å². The molecule has 1 fully saturated rings. The Balaban J connectivity index is 2.02. The van der Waals surface area contributed by atoms with E-state index in [9.17, 15) is 0 Å². The molecular weight excluding hydrogens is 272 g/mol. The highest BCUT2D eigenvalue weighted by molar-refractivity contribution is 8.01. The van der Waals surface area contributed by atoms with Gasteiger partial charge in [0.15, 0.2) is 0 Å². The molecule has 1 heterocycles.